The predicted octanol–water partition coefficient (Wildman–Crippen LogP) is 5.72. The summed E-state index contributed by atoms with van der Waals surface area (Å²) >= 11 is 0. The molecule has 1 aromatic heterocycles. The molecule has 1 unspecified atom stereocenters. The molecule has 0 aliphatic carbocycles. The maximum Gasteiger partial charge on any atom is 0.0759 e. The minimum atomic E-state index is 0.306. The van der Waals surface area contributed by atoms with Crippen molar-refractivity contribution in [3.63, 3.8) is 0 Å². The van der Waals surface area contributed by atoms with Gasteiger partial charge in [-0.25, -0.2) is 0 Å². The van der Waals surface area contributed by atoms with Gasteiger partial charge >= 0.3 is 0 Å². The van der Waals surface area contributed by atoms with Gasteiger partial charge in [0.25, 0.3) is 0 Å². The van der Waals surface area contributed by atoms with Crippen LogP contribution >= 0.6 is 0 Å². The average molecular weight is 359 g/mol. The summed E-state index contributed by atoms with van der Waals surface area (Å²) in [5, 5.41) is 0. The number of nitrogens with zero attached hydrogens (tertiary/aromatic N) is 2. The molecule has 0 saturated carbocycles. The molecule has 2 aromatic carbocycles. The van der Waals surface area contributed by atoms with Crippen LogP contribution < -0.4 is 0 Å². The summed E-state index contributed by atoms with van der Waals surface area (Å²) < 4.78 is 2.45. The number of hydrogen-bond donors (Lipinski definition) is 0. The average Bonchev–Trinajstić information content (AvgIpc) is 3.02. The molecule has 27 heavy (non-hydrogen) atoms. The minimum absolute atomic E-state index is 0.306. The minimum Gasteiger partial charge on any atom is -0.350 e. The molecule has 1 aliphatic heterocycles. The lowest BCUT2D eigenvalue weighted by Crippen LogP contribution is -2.30. The van der Waals surface area contributed by atoms with Gasteiger partial charge in [0, 0.05) is 31.5 Å². The molecule has 1 atom stereocenters. The second kappa shape index (κ2) is 7.36. The van der Waals surface area contributed by atoms with Crippen molar-refractivity contribution in [2.24, 2.45) is 0 Å². The van der Waals surface area contributed by atoms with Gasteiger partial charge in [-0.2, -0.15) is 0 Å². The van der Waals surface area contributed by atoms with Gasteiger partial charge in [0.2, 0.25) is 0 Å². The number of aryl methyl sites for hydroxylation is 5. The van der Waals surface area contributed by atoms with Crippen molar-refractivity contribution < 1.29 is 0 Å². The van der Waals surface area contributed by atoms with Crippen molar-refractivity contribution in [3.05, 3.63) is 93.8 Å². The Morgan fingerprint density at radius 1 is 0.815 bits per heavy atom. The fourth-order valence-corrected chi connectivity index (χ4v) is 4.43. The van der Waals surface area contributed by atoms with Crippen LogP contribution in [0, 0.1) is 27.7 Å². The van der Waals surface area contributed by atoms with Crippen LogP contribution in [0.3, 0.4) is 0 Å². The number of fused-ring (bicyclic) bond motifs is 1. The number of hydrogen-bond acceptors (Lipinski definition) is 1. The molecule has 0 saturated heterocycles. The summed E-state index contributed by atoms with van der Waals surface area (Å²) in [4.78, 5) is 2.68. The largest absolute Gasteiger partial charge is 0.350 e. The van der Waals surface area contributed by atoms with E-state index < -0.39 is 0 Å². The molecule has 0 radical (unpaired) electrons. The third kappa shape index (κ3) is 3.46. The van der Waals surface area contributed by atoms with Gasteiger partial charge in [0.05, 0.1) is 6.04 Å². The van der Waals surface area contributed by atoms with Crippen LogP contribution in [0.15, 0.2) is 54.7 Å². The van der Waals surface area contributed by atoms with Crippen LogP contribution in [0.4, 0.5) is 0 Å². The Kier molecular flexibility index (Phi) is 4.92. The maximum atomic E-state index is 2.68. The van der Waals surface area contributed by atoms with E-state index in [9.17, 15) is 0 Å². The van der Waals surface area contributed by atoms with Gasteiger partial charge in [-0.05, 0) is 79.6 Å². The summed E-state index contributed by atoms with van der Waals surface area (Å²) in [5.41, 5.74) is 9.84. The molecular weight excluding hydrogens is 328 g/mol. The standard InChI is InChI=1S/C25H30N2/c1-18-11-12-22(16-21(18)4)25-24-10-6-13-26(24)14-7-15-27(25)17-23-19(2)8-5-9-20(23)3/h5-6,8-13,16,25H,7,14-15,17H2,1-4H3. The van der Waals surface area contributed by atoms with Gasteiger partial charge in [-0.15, -0.1) is 0 Å². The molecule has 0 bridgehead atoms. The van der Waals surface area contributed by atoms with Crippen molar-refractivity contribution in [3.8, 4) is 0 Å². The van der Waals surface area contributed by atoms with Crippen LogP contribution in [0.5, 0.6) is 0 Å². The van der Waals surface area contributed by atoms with Crippen LogP contribution in [-0.2, 0) is 13.1 Å². The number of rotatable bonds is 3. The van der Waals surface area contributed by atoms with Crippen LogP contribution in [-0.4, -0.2) is 16.0 Å². The smallest absolute Gasteiger partial charge is 0.0759 e. The molecule has 2 heterocycles. The molecule has 0 spiro atoms. The van der Waals surface area contributed by atoms with E-state index in [1.165, 1.54) is 45.5 Å². The molecule has 0 fully saturated rings. The molecule has 3 aromatic rings. The van der Waals surface area contributed by atoms with E-state index in [1.54, 1.807) is 0 Å². The Morgan fingerprint density at radius 2 is 1.59 bits per heavy atom. The van der Waals surface area contributed by atoms with Gasteiger partial charge in [-0.3, -0.25) is 4.90 Å². The molecule has 0 N–H and O–H groups in total. The second-order valence-corrected chi connectivity index (χ2v) is 8.07. The first-order valence-corrected chi connectivity index (χ1v) is 10.1. The summed E-state index contributed by atoms with van der Waals surface area (Å²) in [6.07, 6.45) is 3.43. The molecule has 2 heteroatoms. The predicted molar refractivity (Wildman–Crippen MR) is 113 cm³/mol. The summed E-state index contributed by atoms with van der Waals surface area (Å²) in [7, 11) is 0. The fourth-order valence-electron chi connectivity index (χ4n) is 4.43. The summed E-state index contributed by atoms with van der Waals surface area (Å²) in [6, 6.07) is 18.5. The highest BCUT2D eigenvalue weighted by molar-refractivity contribution is 5.38. The lowest BCUT2D eigenvalue weighted by Gasteiger charge is -2.32. The van der Waals surface area contributed by atoms with E-state index in [1.807, 2.05) is 0 Å². The van der Waals surface area contributed by atoms with E-state index in [-0.39, 0.29) is 0 Å². The van der Waals surface area contributed by atoms with E-state index in [0.717, 1.165) is 19.6 Å². The normalized spacial score (nSPS) is 17.6. The first-order valence-electron chi connectivity index (χ1n) is 10.1. The Labute approximate surface area is 163 Å². The van der Waals surface area contributed by atoms with Crippen LogP contribution in [0.2, 0.25) is 0 Å². The maximum absolute atomic E-state index is 2.68. The van der Waals surface area contributed by atoms with Crippen LogP contribution in [0.25, 0.3) is 0 Å². The highest BCUT2D eigenvalue weighted by atomic mass is 15.2. The number of benzene rings is 2. The monoisotopic (exact) mass is 358 g/mol. The van der Waals surface area contributed by atoms with Gasteiger partial charge in [0.1, 0.15) is 0 Å². The van der Waals surface area contributed by atoms with Gasteiger partial charge < -0.3 is 4.57 Å². The van der Waals surface area contributed by atoms with Gasteiger partial charge in [-0.1, -0.05) is 36.4 Å². The zero-order valence-electron chi connectivity index (χ0n) is 17.0. The molecule has 4 rings (SSSR count). The fraction of sp³-hybridized carbons (Fsp3) is 0.360. The Bertz CT molecular complexity index is 930. The quantitative estimate of drug-likeness (QED) is 0.581. The third-order valence-electron chi connectivity index (χ3n) is 6.21. The highest BCUT2D eigenvalue weighted by Gasteiger charge is 2.28. The van der Waals surface area contributed by atoms with Crippen molar-refractivity contribution in [1.82, 2.24) is 9.47 Å². The Hall–Kier alpha value is -2.32. The Balaban J connectivity index is 1.79. The molecule has 0 amide bonds. The SMILES string of the molecule is Cc1ccc(C2c3cccn3CCCN2Cc2c(C)cccc2C)cc1C. The first kappa shape index (κ1) is 18.1. The zero-order chi connectivity index (χ0) is 19.0. The molecule has 140 valence electrons. The van der Waals surface area contributed by atoms with Crippen molar-refractivity contribution in [2.75, 3.05) is 6.54 Å². The first-order chi connectivity index (χ1) is 13.0. The molecular formula is C25H30N2. The topological polar surface area (TPSA) is 8.17 Å². The third-order valence-corrected chi connectivity index (χ3v) is 6.21. The summed E-state index contributed by atoms with van der Waals surface area (Å²) in [5.74, 6) is 0. The Morgan fingerprint density at radius 3 is 2.33 bits per heavy atom. The zero-order valence-corrected chi connectivity index (χ0v) is 17.0. The van der Waals surface area contributed by atoms with E-state index in [0.29, 0.717) is 6.04 Å². The van der Waals surface area contributed by atoms with Crippen molar-refractivity contribution in [2.45, 2.75) is 53.2 Å². The molecule has 1 aliphatic rings. The second-order valence-electron chi connectivity index (χ2n) is 8.07. The van der Waals surface area contributed by atoms with Crippen molar-refractivity contribution in [1.29, 1.82) is 0 Å². The van der Waals surface area contributed by atoms with Gasteiger partial charge in [0.15, 0.2) is 0 Å². The lowest BCUT2D eigenvalue weighted by atomic mass is 9.96. The van der Waals surface area contributed by atoms with Crippen LogP contribution in [0.1, 0.15) is 51.5 Å². The van der Waals surface area contributed by atoms with E-state index >= 15 is 0 Å². The van der Waals surface area contributed by atoms with Crippen molar-refractivity contribution >= 4 is 0 Å². The van der Waals surface area contributed by atoms with E-state index in [2.05, 4.69) is 91.9 Å². The van der Waals surface area contributed by atoms with E-state index in [4.69, 9.17) is 0 Å². The lowest BCUT2D eigenvalue weighted by molar-refractivity contribution is 0.219. The number of aromatic nitrogens is 1. The highest BCUT2D eigenvalue weighted by Crippen LogP contribution is 2.34. The summed E-state index contributed by atoms with van der Waals surface area (Å²) in [6.45, 7) is 12.1. The molecule has 2 nitrogen and oxygen atoms in total.